The quantitative estimate of drug-likeness (QED) is 0.658. The van der Waals surface area contributed by atoms with Crippen molar-refractivity contribution in [3.8, 4) is 0 Å². The first kappa shape index (κ1) is 17.3. The van der Waals surface area contributed by atoms with Crippen molar-refractivity contribution < 1.29 is 14.3 Å². The van der Waals surface area contributed by atoms with Crippen molar-refractivity contribution in [3.05, 3.63) is 76.3 Å². The Bertz CT molecular complexity index is 931. The van der Waals surface area contributed by atoms with Gasteiger partial charge in [0.1, 0.15) is 0 Å². The largest absolute Gasteiger partial charge is 0.452 e. The third-order valence-corrected chi connectivity index (χ3v) is 4.19. The average Bonchev–Trinajstić information content (AvgIpc) is 2.60. The first-order chi connectivity index (χ1) is 12.1. The van der Waals surface area contributed by atoms with Crippen LogP contribution in [0.1, 0.15) is 10.4 Å². The summed E-state index contributed by atoms with van der Waals surface area (Å²) in [6, 6.07) is 17.9. The topological polar surface area (TPSA) is 55.4 Å². The van der Waals surface area contributed by atoms with Gasteiger partial charge in [-0.05, 0) is 23.6 Å². The molecule has 0 bridgehead atoms. The van der Waals surface area contributed by atoms with Crippen LogP contribution in [-0.4, -0.2) is 18.5 Å². The number of carbonyl (C=O) groups is 2. The fourth-order valence-corrected chi connectivity index (χ4v) is 2.97. The summed E-state index contributed by atoms with van der Waals surface area (Å²) in [4.78, 5) is 24.2. The van der Waals surface area contributed by atoms with Gasteiger partial charge in [-0.25, -0.2) is 4.79 Å². The van der Waals surface area contributed by atoms with E-state index in [0.29, 0.717) is 5.69 Å². The van der Waals surface area contributed by atoms with Crippen molar-refractivity contribution in [2.45, 2.75) is 0 Å². The molecule has 0 saturated heterocycles. The number of hydrogen-bond donors (Lipinski definition) is 1. The molecule has 6 heteroatoms. The van der Waals surface area contributed by atoms with Crippen LogP contribution in [0, 0.1) is 0 Å². The summed E-state index contributed by atoms with van der Waals surface area (Å²) in [6.45, 7) is -0.441. The molecule has 4 nitrogen and oxygen atoms in total. The van der Waals surface area contributed by atoms with E-state index < -0.39 is 18.5 Å². The summed E-state index contributed by atoms with van der Waals surface area (Å²) in [5.74, 6) is -1.20. The molecule has 0 aliphatic carbocycles. The third-order valence-electron chi connectivity index (χ3n) is 3.56. The molecule has 3 aromatic rings. The molecule has 3 rings (SSSR count). The van der Waals surface area contributed by atoms with E-state index in [1.807, 2.05) is 36.4 Å². The van der Waals surface area contributed by atoms with Crippen molar-refractivity contribution in [2.75, 3.05) is 11.9 Å². The van der Waals surface area contributed by atoms with Crippen LogP contribution >= 0.6 is 23.2 Å². The number of benzene rings is 3. The molecular formula is C19H13Cl2NO3. The Kier molecular flexibility index (Phi) is 5.22. The molecule has 3 aromatic carbocycles. The number of fused-ring (bicyclic) bond motifs is 1. The van der Waals surface area contributed by atoms with Gasteiger partial charge in [-0.2, -0.15) is 0 Å². The van der Waals surface area contributed by atoms with Gasteiger partial charge in [-0.15, -0.1) is 0 Å². The maximum absolute atomic E-state index is 12.1. The van der Waals surface area contributed by atoms with Gasteiger partial charge in [-0.3, -0.25) is 4.79 Å². The lowest BCUT2D eigenvalue weighted by molar-refractivity contribution is -0.119. The smallest absolute Gasteiger partial charge is 0.341 e. The maximum Gasteiger partial charge on any atom is 0.341 e. The number of halogens is 2. The number of ether oxygens (including phenoxy) is 1. The van der Waals surface area contributed by atoms with Crippen LogP contribution < -0.4 is 5.32 Å². The van der Waals surface area contributed by atoms with Crippen LogP contribution in [0.5, 0.6) is 0 Å². The maximum atomic E-state index is 12.1. The molecule has 0 aliphatic rings. The molecule has 0 atom stereocenters. The summed E-state index contributed by atoms with van der Waals surface area (Å²) in [6.07, 6.45) is 0. The van der Waals surface area contributed by atoms with Crippen molar-refractivity contribution in [2.24, 2.45) is 0 Å². The molecule has 25 heavy (non-hydrogen) atoms. The molecule has 0 heterocycles. The summed E-state index contributed by atoms with van der Waals surface area (Å²) in [7, 11) is 0. The van der Waals surface area contributed by atoms with Crippen molar-refractivity contribution in [1.29, 1.82) is 0 Å². The van der Waals surface area contributed by atoms with Crippen LogP contribution in [-0.2, 0) is 9.53 Å². The van der Waals surface area contributed by atoms with Gasteiger partial charge >= 0.3 is 5.97 Å². The molecule has 0 unspecified atom stereocenters. The van der Waals surface area contributed by atoms with E-state index in [0.717, 1.165) is 10.8 Å². The summed E-state index contributed by atoms with van der Waals surface area (Å²) >= 11 is 11.9. The second-order valence-electron chi connectivity index (χ2n) is 5.25. The normalized spacial score (nSPS) is 10.5. The molecule has 0 aromatic heterocycles. The minimum Gasteiger partial charge on any atom is -0.452 e. The third kappa shape index (κ3) is 3.92. The van der Waals surface area contributed by atoms with Gasteiger partial charge in [0.15, 0.2) is 6.61 Å². The van der Waals surface area contributed by atoms with Gasteiger partial charge in [0.25, 0.3) is 5.91 Å². The van der Waals surface area contributed by atoms with E-state index in [1.165, 1.54) is 12.1 Å². The first-order valence-electron chi connectivity index (χ1n) is 7.45. The number of esters is 1. The Balaban J connectivity index is 1.68. The predicted octanol–water partition coefficient (Wildman–Crippen LogP) is 4.94. The zero-order valence-corrected chi connectivity index (χ0v) is 14.5. The number of rotatable bonds is 4. The zero-order valence-electron chi connectivity index (χ0n) is 13.0. The van der Waals surface area contributed by atoms with Crippen molar-refractivity contribution >= 4 is 51.5 Å². The van der Waals surface area contributed by atoms with Gasteiger partial charge in [0.05, 0.1) is 15.6 Å². The number of hydrogen-bond acceptors (Lipinski definition) is 3. The van der Waals surface area contributed by atoms with Crippen molar-refractivity contribution in [3.63, 3.8) is 0 Å². The van der Waals surface area contributed by atoms with Crippen molar-refractivity contribution in [1.82, 2.24) is 0 Å². The van der Waals surface area contributed by atoms with Gasteiger partial charge in [-0.1, -0.05) is 65.7 Å². The highest BCUT2D eigenvalue weighted by Gasteiger charge is 2.17. The minimum absolute atomic E-state index is 0.0452. The molecule has 1 amide bonds. The fraction of sp³-hybridized carbons (Fsp3) is 0.0526. The lowest BCUT2D eigenvalue weighted by Crippen LogP contribution is -2.21. The molecule has 0 saturated carbocycles. The molecule has 0 spiro atoms. The standard InChI is InChI=1S/C19H13Cl2NO3/c20-14-8-4-9-15(21)18(14)19(24)25-11-17(23)22-16-10-3-6-12-5-1-2-7-13(12)16/h1-10H,11H2,(H,22,23). The van der Waals surface area contributed by atoms with Gasteiger partial charge < -0.3 is 10.1 Å². The Morgan fingerprint density at radius 1 is 0.880 bits per heavy atom. The van der Waals surface area contributed by atoms with E-state index in [2.05, 4.69) is 5.32 Å². The highest BCUT2D eigenvalue weighted by molar-refractivity contribution is 6.39. The van der Waals surface area contributed by atoms with Crippen LogP contribution in [0.2, 0.25) is 10.0 Å². The zero-order chi connectivity index (χ0) is 17.8. The summed E-state index contributed by atoms with van der Waals surface area (Å²) in [5, 5.41) is 4.99. The SMILES string of the molecule is O=C(COC(=O)c1c(Cl)cccc1Cl)Nc1cccc2ccccc12. The Hall–Kier alpha value is -2.56. The minimum atomic E-state index is -0.747. The second-order valence-corrected chi connectivity index (χ2v) is 6.06. The molecule has 0 fully saturated rings. The molecule has 126 valence electrons. The van der Waals surface area contributed by atoms with Gasteiger partial charge in [0, 0.05) is 11.1 Å². The Morgan fingerprint density at radius 3 is 2.28 bits per heavy atom. The number of nitrogens with one attached hydrogen (secondary N) is 1. The number of carbonyl (C=O) groups excluding carboxylic acids is 2. The first-order valence-corrected chi connectivity index (χ1v) is 8.20. The monoisotopic (exact) mass is 373 g/mol. The van der Waals surface area contributed by atoms with Crippen LogP contribution in [0.25, 0.3) is 10.8 Å². The number of amides is 1. The summed E-state index contributed by atoms with van der Waals surface area (Å²) < 4.78 is 5.02. The van der Waals surface area contributed by atoms with Crippen LogP contribution in [0.3, 0.4) is 0 Å². The Morgan fingerprint density at radius 2 is 1.52 bits per heavy atom. The lowest BCUT2D eigenvalue weighted by atomic mass is 10.1. The average molecular weight is 374 g/mol. The Labute approximate surface area is 154 Å². The molecular weight excluding hydrogens is 361 g/mol. The second kappa shape index (κ2) is 7.55. The summed E-state index contributed by atoms with van der Waals surface area (Å²) in [5.41, 5.74) is 0.693. The predicted molar refractivity (Wildman–Crippen MR) is 99.3 cm³/mol. The van der Waals surface area contributed by atoms with E-state index in [-0.39, 0.29) is 15.6 Å². The molecule has 0 aliphatic heterocycles. The van der Waals surface area contributed by atoms with Crippen LogP contribution in [0.4, 0.5) is 5.69 Å². The van der Waals surface area contributed by atoms with E-state index in [9.17, 15) is 9.59 Å². The molecule has 1 N–H and O–H groups in total. The lowest BCUT2D eigenvalue weighted by Gasteiger charge is -2.10. The van der Waals surface area contributed by atoms with E-state index in [4.69, 9.17) is 27.9 Å². The van der Waals surface area contributed by atoms with E-state index >= 15 is 0 Å². The van der Waals surface area contributed by atoms with Gasteiger partial charge in [0.2, 0.25) is 0 Å². The highest BCUT2D eigenvalue weighted by Crippen LogP contribution is 2.25. The fourth-order valence-electron chi connectivity index (χ4n) is 2.42. The van der Waals surface area contributed by atoms with E-state index in [1.54, 1.807) is 12.1 Å². The number of anilines is 1. The molecule has 0 radical (unpaired) electrons. The van der Waals surface area contributed by atoms with Crippen LogP contribution in [0.15, 0.2) is 60.7 Å². The highest BCUT2D eigenvalue weighted by atomic mass is 35.5.